The lowest BCUT2D eigenvalue weighted by Crippen LogP contribution is -2.07. The molecule has 0 unspecified atom stereocenters. The van der Waals surface area contributed by atoms with Crippen molar-refractivity contribution in [2.45, 2.75) is 13.3 Å². The number of hydrogen-bond acceptors (Lipinski definition) is 3. The number of carbonyl (C=O) groups is 1. The molecule has 1 amide bonds. The van der Waals surface area contributed by atoms with Crippen LogP contribution >= 0.6 is 0 Å². The van der Waals surface area contributed by atoms with Crippen LogP contribution in [-0.4, -0.2) is 10.8 Å². The smallest absolute Gasteiger partial charge is 0.269 e. The minimum Gasteiger partial charge on any atom is -0.323 e. The average Bonchev–Trinajstić information content (AvgIpc) is 2.53. The first kappa shape index (κ1) is 15.4. The Hall–Kier alpha value is -2.95. The van der Waals surface area contributed by atoms with Crippen LogP contribution in [0.4, 0.5) is 11.4 Å². The third kappa shape index (κ3) is 4.28. The molecule has 22 heavy (non-hydrogen) atoms. The lowest BCUT2D eigenvalue weighted by Gasteiger charge is -2.04. The summed E-state index contributed by atoms with van der Waals surface area (Å²) in [7, 11) is 0. The average molecular weight is 296 g/mol. The summed E-state index contributed by atoms with van der Waals surface area (Å²) in [4.78, 5) is 22.0. The number of nitrogens with one attached hydrogen (secondary N) is 1. The van der Waals surface area contributed by atoms with Gasteiger partial charge >= 0.3 is 0 Å². The van der Waals surface area contributed by atoms with Crippen molar-refractivity contribution in [1.82, 2.24) is 0 Å². The number of nitrogens with zero attached hydrogens (tertiary/aromatic N) is 1. The number of carbonyl (C=O) groups excluding carboxylic acids is 1. The van der Waals surface area contributed by atoms with E-state index in [1.807, 2.05) is 24.3 Å². The molecule has 0 atom stereocenters. The van der Waals surface area contributed by atoms with Crippen molar-refractivity contribution in [2.75, 3.05) is 5.32 Å². The van der Waals surface area contributed by atoms with Crippen molar-refractivity contribution < 1.29 is 9.72 Å². The third-order valence-corrected chi connectivity index (χ3v) is 3.13. The van der Waals surface area contributed by atoms with Gasteiger partial charge in [-0.15, -0.1) is 0 Å². The Kier molecular flexibility index (Phi) is 5.03. The highest BCUT2D eigenvalue weighted by Crippen LogP contribution is 2.14. The maximum atomic E-state index is 11.9. The molecule has 2 aromatic carbocycles. The van der Waals surface area contributed by atoms with Gasteiger partial charge in [0.2, 0.25) is 5.91 Å². The van der Waals surface area contributed by atoms with E-state index in [1.54, 1.807) is 18.2 Å². The summed E-state index contributed by atoms with van der Waals surface area (Å²) >= 11 is 0. The van der Waals surface area contributed by atoms with Crippen molar-refractivity contribution in [3.8, 4) is 0 Å². The van der Waals surface area contributed by atoms with Gasteiger partial charge in [-0.25, -0.2) is 0 Å². The van der Waals surface area contributed by atoms with Crippen LogP contribution in [0.25, 0.3) is 6.08 Å². The van der Waals surface area contributed by atoms with E-state index < -0.39 is 4.92 Å². The predicted octanol–water partition coefficient (Wildman–Crippen LogP) is 3.81. The van der Waals surface area contributed by atoms with Gasteiger partial charge in [-0.1, -0.05) is 19.1 Å². The lowest BCUT2D eigenvalue weighted by molar-refractivity contribution is -0.384. The molecule has 2 aromatic rings. The van der Waals surface area contributed by atoms with E-state index in [0.717, 1.165) is 23.2 Å². The quantitative estimate of drug-likeness (QED) is 0.518. The molecule has 0 fully saturated rings. The third-order valence-electron chi connectivity index (χ3n) is 3.13. The Morgan fingerprint density at radius 3 is 2.59 bits per heavy atom. The summed E-state index contributed by atoms with van der Waals surface area (Å²) in [5.74, 6) is -0.244. The molecule has 0 aliphatic carbocycles. The van der Waals surface area contributed by atoms with Crippen molar-refractivity contribution in [2.24, 2.45) is 0 Å². The molecular weight excluding hydrogens is 280 g/mol. The van der Waals surface area contributed by atoms with Gasteiger partial charge in [0.15, 0.2) is 0 Å². The van der Waals surface area contributed by atoms with Crippen LogP contribution in [-0.2, 0) is 11.2 Å². The number of anilines is 1. The van der Waals surface area contributed by atoms with Crippen LogP contribution in [0.2, 0.25) is 0 Å². The fourth-order valence-corrected chi connectivity index (χ4v) is 1.93. The Balaban J connectivity index is 2.00. The van der Waals surface area contributed by atoms with Crippen LogP contribution in [0, 0.1) is 10.1 Å². The number of nitro benzene ring substituents is 1. The molecule has 0 aliphatic heterocycles. The standard InChI is InChI=1S/C17H16N2O3/c1-2-13-4-3-5-15(12-13)18-17(20)11-8-14-6-9-16(10-7-14)19(21)22/h3-12H,2H2,1H3,(H,18,20)/b11-8-. The van der Waals surface area contributed by atoms with E-state index in [0.29, 0.717) is 0 Å². The minimum absolute atomic E-state index is 0.0259. The van der Waals surface area contributed by atoms with Crippen molar-refractivity contribution in [3.63, 3.8) is 0 Å². The van der Waals surface area contributed by atoms with E-state index in [2.05, 4.69) is 12.2 Å². The number of benzene rings is 2. The molecule has 1 N–H and O–H groups in total. The Morgan fingerprint density at radius 2 is 1.95 bits per heavy atom. The van der Waals surface area contributed by atoms with Crippen molar-refractivity contribution in [3.05, 3.63) is 75.8 Å². The molecule has 0 saturated carbocycles. The van der Waals surface area contributed by atoms with Crippen LogP contribution < -0.4 is 5.32 Å². The van der Waals surface area contributed by atoms with Crippen molar-refractivity contribution >= 4 is 23.4 Å². The summed E-state index contributed by atoms with van der Waals surface area (Å²) in [5.41, 5.74) is 2.65. The molecule has 0 saturated heterocycles. The van der Waals surface area contributed by atoms with Gasteiger partial charge in [0.05, 0.1) is 4.92 Å². The summed E-state index contributed by atoms with van der Waals surface area (Å²) in [5, 5.41) is 13.3. The summed E-state index contributed by atoms with van der Waals surface area (Å²) in [6.45, 7) is 2.05. The summed E-state index contributed by atoms with van der Waals surface area (Å²) in [6.07, 6.45) is 3.92. The van der Waals surface area contributed by atoms with Crippen LogP contribution in [0.3, 0.4) is 0 Å². The van der Waals surface area contributed by atoms with E-state index in [1.165, 1.54) is 18.2 Å². The van der Waals surface area contributed by atoms with Gasteiger partial charge in [0.1, 0.15) is 0 Å². The van der Waals surface area contributed by atoms with Gasteiger partial charge in [-0.3, -0.25) is 14.9 Å². The van der Waals surface area contributed by atoms with E-state index in [9.17, 15) is 14.9 Å². The first-order valence-electron chi connectivity index (χ1n) is 6.91. The highest BCUT2D eigenvalue weighted by atomic mass is 16.6. The number of aryl methyl sites for hydroxylation is 1. The second kappa shape index (κ2) is 7.17. The summed E-state index contributed by atoms with van der Waals surface area (Å²) < 4.78 is 0. The van der Waals surface area contributed by atoms with Gasteiger partial charge < -0.3 is 5.32 Å². The van der Waals surface area contributed by atoms with Gasteiger partial charge in [0.25, 0.3) is 5.69 Å². The largest absolute Gasteiger partial charge is 0.323 e. The van der Waals surface area contributed by atoms with Gasteiger partial charge in [-0.2, -0.15) is 0 Å². The second-order valence-electron chi connectivity index (χ2n) is 4.73. The lowest BCUT2D eigenvalue weighted by atomic mass is 10.1. The molecular formula is C17H16N2O3. The Bertz CT molecular complexity index is 706. The maximum Gasteiger partial charge on any atom is 0.269 e. The molecule has 0 radical (unpaired) electrons. The van der Waals surface area contributed by atoms with E-state index in [-0.39, 0.29) is 11.6 Å². The Labute approximate surface area is 128 Å². The molecule has 0 aromatic heterocycles. The molecule has 0 heterocycles. The molecule has 0 bridgehead atoms. The van der Waals surface area contributed by atoms with E-state index >= 15 is 0 Å². The molecule has 5 heteroatoms. The first-order chi connectivity index (χ1) is 10.6. The SMILES string of the molecule is CCc1cccc(NC(=O)/C=C\c2ccc([N+](=O)[O-])cc2)c1. The van der Waals surface area contributed by atoms with Crippen LogP contribution in [0.15, 0.2) is 54.6 Å². The predicted molar refractivity (Wildman–Crippen MR) is 86.6 cm³/mol. The molecule has 0 spiro atoms. The van der Waals surface area contributed by atoms with Crippen LogP contribution in [0.1, 0.15) is 18.1 Å². The number of non-ortho nitro benzene ring substituents is 1. The molecule has 5 nitrogen and oxygen atoms in total. The zero-order chi connectivity index (χ0) is 15.9. The Morgan fingerprint density at radius 1 is 1.23 bits per heavy atom. The molecule has 112 valence electrons. The molecule has 0 aliphatic rings. The van der Waals surface area contributed by atoms with Gasteiger partial charge in [-0.05, 0) is 47.9 Å². The van der Waals surface area contributed by atoms with E-state index in [4.69, 9.17) is 0 Å². The van der Waals surface area contributed by atoms with Gasteiger partial charge in [0, 0.05) is 23.9 Å². The number of hydrogen-bond donors (Lipinski definition) is 1. The number of amides is 1. The minimum atomic E-state index is -0.457. The normalized spacial score (nSPS) is 10.6. The zero-order valence-corrected chi connectivity index (χ0v) is 12.2. The van der Waals surface area contributed by atoms with Crippen molar-refractivity contribution in [1.29, 1.82) is 0 Å². The highest BCUT2D eigenvalue weighted by Gasteiger charge is 2.03. The number of rotatable bonds is 5. The first-order valence-corrected chi connectivity index (χ1v) is 6.91. The summed E-state index contributed by atoms with van der Waals surface area (Å²) in [6, 6.07) is 13.7. The molecule has 2 rings (SSSR count). The maximum absolute atomic E-state index is 11.9. The fraction of sp³-hybridized carbons (Fsp3) is 0.118. The topological polar surface area (TPSA) is 72.2 Å². The monoisotopic (exact) mass is 296 g/mol. The zero-order valence-electron chi connectivity index (χ0n) is 12.2. The highest BCUT2D eigenvalue weighted by molar-refractivity contribution is 6.01. The number of nitro groups is 1. The second-order valence-corrected chi connectivity index (χ2v) is 4.73. The van der Waals surface area contributed by atoms with Crippen LogP contribution in [0.5, 0.6) is 0 Å². The fourth-order valence-electron chi connectivity index (χ4n) is 1.93.